The van der Waals surface area contributed by atoms with E-state index in [1.807, 2.05) is 54.6 Å². The first-order valence-corrected chi connectivity index (χ1v) is 8.68. The molecule has 0 aliphatic rings. The number of hydrogen-bond donors (Lipinski definition) is 0. The predicted molar refractivity (Wildman–Crippen MR) is 101 cm³/mol. The topological polar surface area (TPSA) is 65.7 Å². The molecule has 3 rings (SSSR count). The van der Waals surface area contributed by atoms with Crippen LogP contribution in [-0.4, -0.2) is 18.5 Å². The van der Waals surface area contributed by atoms with Gasteiger partial charge < -0.3 is 13.9 Å². The Morgan fingerprint density at radius 3 is 2.15 bits per heavy atom. The molecule has 1 unspecified atom stereocenters. The zero-order chi connectivity index (χ0) is 19.2. The number of esters is 2. The monoisotopic (exact) mass is 364 g/mol. The molecule has 0 radical (unpaired) electrons. The molecule has 5 nitrogen and oxygen atoms in total. The molecule has 0 amide bonds. The smallest absolute Gasteiger partial charge is 0.355 e. The maximum atomic E-state index is 12.1. The summed E-state index contributed by atoms with van der Waals surface area (Å²) in [4.78, 5) is 23.4. The van der Waals surface area contributed by atoms with E-state index < -0.39 is 18.0 Å². The first kappa shape index (κ1) is 18.5. The molecule has 0 N–H and O–H groups in total. The largest absolute Gasteiger partial charge is 0.463 e. The molecule has 0 bridgehead atoms. The molecule has 0 aliphatic carbocycles. The number of carbonyl (C=O) groups is 2. The lowest BCUT2D eigenvalue weighted by molar-refractivity contribution is -0.168. The molecular weight excluding hydrogens is 344 g/mol. The van der Waals surface area contributed by atoms with Crippen LogP contribution >= 0.6 is 0 Å². The van der Waals surface area contributed by atoms with Gasteiger partial charge in [-0.15, -0.1) is 0 Å². The highest BCUT2D eigenvalue weighted by Crippen LogP contribution is 2.29. The van der Waals surface area contributed by atoms with Gasteiger partial charge in [0.1, 0.15) is 5.76 Å². The minimum atomic E-state index is -1.21. The van der Waals surface area contributed by atoms with Crippen LogP contribution in [0.2, 0.25) is 0 Å². The molecule has 0 saturated carbocycles. The molecule has 2 aromatic carbocycles. The van der Waals surface area contributed by atoms with E-state index in [4.69, 9.17) is 13.9 Å². The van der Waals surface area contributed by atoms with E-state index in [1.165, 1.54) is 6.92 Å². The van der Waals surface area contributed by atoms with Gasteiger partial charge in [0.15, 0.2) is 5.76 Å². The van der Waals surface area contributed by atoms with Crippen molar-refractivity contribution in [1.82, 2.24) is 0 Å². The normalized spacial score (nSPS) is 11.6. The zero-order valence-electron chi connectivity index (χ0n) is 15.2. The van der Waals surface area contributed by atoms with E-state index >= 15 is 0 Å². The average Bonchev–Trinajstić information content (AvgIpc) is 3.17. The fourth-order valence-corrected chi connectivity index (χ4v) is 2.71. The minimum absolute atomic E-state index is 0.186. The molecule has 27 heavy (non-hydrogen) atoms. The van der Waals surface area contributed by atoms with E-state index in [0.717, 1.165) is 16.7 Å². The predicted octanol–water partition coefficient (Wildman–Crippen LogP) is 4.78. The summed E-state index contributed by atoms with van der Waals surface area (Å²) in [5, 5.41) is 0. The Balaban J connectivity index is 1.83. The summed E-state index contributed by atoms with van der Waals surface area (Å²) >= 11 is 0. The van der Waals surface area contributed by atoms with Crippen molar-refractivity contribution in [3.8, 4) is 22.5 Å². The van der Waals surface area contributed by atoms with E-state index in [0.29, 0.717) is 5.76 Å². The molecule has 1 aromatic heterocycles. The Bertz CT molecular complexity index is 909. The van der Waals surface area contributed by atoms with Crippen molar-refractivity contribution in [1.29, 1.82) is 0 Å². The Morgan fingerprint density at radius 2 is 1.52 bits per heavy atom. The van der Waals surface area contributed by atoms with E-state index in [9.17, 15) is 9.59 Å². The van der Waals surface area contributed by atoms with Gasteiger partial charge in [-0.2, -0.15) is 0 Å². The first-order valence-electron chi connectivity index (χ1n) is 8.68. The zero-order valence-corrected chi connectivity index (χ0v) is 15.2. The molecule has 5 heteroatoms. The van der Waals surface area contributed by atoms with Crippen LogP contribution in [0.3, 0.4) is 0 Å². The second-order valence-electron chi connectivity index (χ2n) is 5.89. The van der Waals surface area contributed by atoms with E-state index in [-0.39, 0.29) is 12.4 Å². The van der Waals surface area contributed by atoms with Gasteiger partial charge in [-0.1, -0.05) is 54.6 Å². The van der Waals surface area contributed by atoms with Gasteiger partial charge in [-0.05, 0) is 30.2 Å². The molecule has 0 aliphatic heterocycles. The minimum Gasteiger partial charge on any atom is -0.463 e. The number of hydrogen-bond acceptors (Lipinski definition) is 5. The second-order valence-corrected chi connectivity index (χ2v) is 5.89. The van der Waals surface area contributed by atoms with Crippen LogP contribution in [0.1, 0.15) is 25.7 Å². The lowest BCUT2D eigenvalue weighted by Gasteiger charge is -2.13. The van der Waals surface area contributed by atoms with Gasteiger partial charge in [0.05, 0.1) is 6.61 Å². The van der Waals surface area contributed by atoms with Gasteiger partial charge in [-0.25, -0.2) is 4.79 Å². The lowest BCUT2D eigenvalue weighted by atomic mass is 10.0. The van der Waals surface area contributed by atoms with Crippen molar-refractivity contribution < 1.29 is 23.5 Å². The number of furan rings is 1. The van der Waals surface area contributed by atoms with Crippen molar-refractivity contribution in [3.05, 3.63) is 72.5 Å². The summed E-state index contributed by atoms with van der Waals surface area (Å²) in [7, 11) is 0. The van der Waals surface area contributed by atoms with Crippen molar-refractivity contribution in [3.63, 3.8) is 0 Å². The van der Waals surface area contributed by atoms with Crippen molar-refractivity contribution in [2.45, 2.75) is 20.0 Å². The second kappa shape index (κ2) is 8.36. The van der Waals surface area contributed by atoms with Crippen molar-refractivity contribution >= 4 is 11.9 Å². The number of benzene rings is 2. The van der Waals surface area contributed by atoms with Crippen LogP contribution in [0.15, 0.2) is 71.1 Å². The molecule has 3 aromatic rings. The molecule has 0 fully saturated rings. The SMILES string of the molecule is CCOC(=O)C(OC(C)=O)c1ccc(-c2ccc(-c3ccccc3)cc2)o1. The van der Waals surface area contributed by atoms with Crippen LogP contribution in [0.4, 0.5) is 0 Å². The summed E-state index contributed by atoms with van der Waals surface area (Å²) in [6.45, 7) is 3.11. The van der Waals surface area contributed by atoms with Gasteiger partial charge in [-0.3, -0.25) is 4.79 Å². The fraction of sp³-hybridized carbons (Fsp3) is 0.182. The van der Waals surface area contributed by atoms with Gasteiger partial charge >= 0.3 is 11.9 Å². The standard InChI is InChI=1S/C22H20O5/c1-3-25-22(24)21(26-15(2)23)20-14-13-19(27-20)18-11-9-17(10-12-18)16-7-5-4-6-8-16/h4-14,21H,3H2,1-2H3. The third-order valence-electron chi connectivity index (χ3n) is 3.95. The van der Waals surface area contributed by atoms with Crippen LogP contribution < -0.4 is 0 Å². The lowest BCUT2D eigenvalue weighted by Crippen LogP contribution is -2.20. The highest BCUT2D eigenvalue weighted by Gasteiger charge is 2.28. The Morgan fingerprint density at radius 1 is 0.889 bits per heavy atom. The molecule has 0 spiro atoms. The highest BCUT2D eigenvalue weighted by atomic mass is 16.6. The summed E-state index contributed by atoms with van der Waals surface area (Å²) in [6, 6.07) is 21.3. The fourth-order valence-electron chi connectivity index (χ4n) is 2.71. The molecular formula is C22H20O5. The van der Waals surface area contributed by atoms with Gasteiger partial charge in [0.25, 0.3) is 6.10 Å². The maximum Gasteiger partial charge on any atom is 0.355 e. The number of rotatable bonds is 6. The van der Waals surface area contributed by atoms with Crippen LogP contribution in [0.25, 0.3) is 22.5 Å². The molecule has 1 atom stereocenters. The van der Waals surface area contributed by atoms with Crippen LogP contribution in [0.5, 0.6) is 0 Å². The van der Waals surface area contributed by atoms with E-state index in [2.05, 4.69) is 0 Å². The third-order valence-corrected chi connectivity index (χ3v) is 3.95. The summed E-state index contributed by atoms with van der Waals surface area (Å²) in [5.74, 6) is -0.442. The van der Waals surface area contributed by atoms with Gasteiger partial charge in [0, 0.05) is 12.5 Å². The Labute approximate surface area is 157 Å². The maximum absolute atomic E-state index is 12.1. The van der Waals surface area contributed by atoms with E-state index in [1.54, 1.807) is 19.1 Å². The number of carbonyl (C=O) groups excluding carboxylic acids is 2. The molecule has 0 saturated heterocycles. The molecule has 138 valence electrons. The Hall–Kier alpha value is -3.34. The summed E-state index contributed by atoms with van der Waals surface area (Å²) < 4.78 is 15.8. The summed E-state index contributed by atoms with van der Waals surface area (Å²) in [6.07, 6.45) is -1.21. The number of ether oxygens (including phenoxy) is 2. The van der Waals surface area contributed by atoms with Crippen LogP contribution in [-0.2, 0) is 19.1 Å². The highest BCUT2D eigenvalue weighted by molar-refractivity contribution is 5.79. The van der Waals surface area contributed by atoms with Crippen molar-refractivity contribution in [2.75, 3.05) is 6.61 Å². The van der Waals surface area contributed by atoms with Crippen molar-refractivity contribution in [2.24, 2.45) is 0 Å². The average molecular weight is 364 g/mol. The Kier molecular flexibility index (Phi) is 5.71. The summed E-state index contributed by atoms with van der Waals surface area (Å²) in [5.41, 5.74) is 3.07. The van der Waals surface area contributed by atoms with Crippen LogP contribution in [0, 0.1) is 0 Å². The third kappa shape index (κ3) is 4.44. The quantitative estimate of drug-likeness (QED) is 0.589. The first-order chi connectivity index (χ1) is 13.1. The van der Waals surface area contributed by atoms with Gasteiger partial charge in [0.2, 0.25) is 0 Å². The molecule has 1 heterocycles.